The van der Waals surface area contributed by atoms with E-state index in [4.69, 9.17) is 9.47 Å². The molecule has 26 heavy (non-hydrogen) atoms. The Morgan fingerprint density at radius 1 is 1.35 bits per heavy atom. The van der Waals surface area contributed by atoms with Crippen LogP contribution in [0.1, 0.15) is 25.3 Å². The second-order valence-electron chi connectivity index (χ2n) is 7.02. The number of rotatable bonds is 10. The SMILES string of the molecule is CCCCOC[C@H](CN(C)C)C(=O)N1C(=O)OC[C@@H]1Cc1ccccc1. The molecule has 0 N–H and O–H groups in total. The standard InChI is InChI=1S/C20H30N2O4/c1-4-5-11-25-14-17(13-21(2)3)19(23)22-18(15-26-20(22)24)12-16-9-7-6-8-10-16/h6-10,17-18H,4-5,11-15H2,1-3H3/t17-,18-/m0/s1. The van der Waals surface area contributed by atoms with Gasteiger partial charge in [-0.25, -0.2) is 9.69 Å². The predicted octanol–water partition coefficient (Wildman–Crippen LogP) is 2.57. The highest BCUT2D eigenvalue weighted by Gasteiger charge is 2.40. The van der Waals surface area contributed by atoms with Crippen molar-refractivity contribution < 1.29 is 19.1 Å². The predicted molar refractivity (Wildman–Crippen MR) is 99.9 cm³/mol. The number of hydrogen-bond acceptors (Lipinski definition) is 5. The molecule has 0 saturated carbocycles. The third kappa shape index (κ3) is 5.81. The van der Waals surface area contributed by atoms with Gasteiger partial charge in [-0.15, -0.1) is 0 Å². The molecule has 1 aromatic carbocycles. The zero-order valence-electron chi connectivity index (χ0n) is 16.0. The van der Waals surface area contributed by atoms with Gasteiger partial charge in [-0.3, -0.25) is 4.79 Å². The maximum atomic E-state index is 13.1. The topological polar surface area (TPSA) is 59.1 Å². The summed E-state index contributed by atoms with van der Waals surface area (Å²) in [6.07, 6.45) is 2.06. The third-order valence-electron chi connectivity index (χ3n) is 4.41. The summed E-state index contributed by atoms with van der Waals surface area (Å²) in [4.78, 5) is 28.5. The van der Waals surface area contributed by atoms with Crippen molar-refractivity contribution in [1.29, 1.82) is 0 Å². The van der Waals surface area contributed by atoms with Gasteiger partial charge in [-0.2, -0.15) is 0 Å². The van der Waals surface area contributed by atoms with Gasteiger partial charge >= 0.3 is 6.09 Å². The number of amides is 2. The number of unbranched alkanes of at least 4 members (excludes halogenated alkanes) is 1. The van der Waals surface area contributed by atoms with E-state index in [1.807, 2.05) is 49.3 Å². The summed E-state index contributed by atoms with van der Waals surface area (Å²) >= 11 is 0. The van der Waals surface area contributed by atoms with Crippen molar-refractivity contribution in [3.63, 3.8) is 0 Å². The minimum atomic E-state index is -0.548. The first-order valence-corrected chi connectivity index (χ1v) is 9.29. The van der Waals surface area contributed by atoms with Crippen LogP contribution in [-0.4, -0.2) is 68.3 Å². The van der Waals surface area contributed by atoms with Crippen molar-refractivity contribution in [3.8, 4) is 0 Å². The van der Waals surface area contributed by atoms with E-state index < -0.39 is 6.09 Å². The van der Waals surface area contributed by atoms with E-state index in [9.17, 15) is 9.59 Å². The van der Waals surface area contributed by atoms with Crippen LogP contribution in [0, 0.1) is 5.92 Å². The quantitative estimate of drug-likeness (QED) is 0.599. The van der Waals surface area contributed by atoms with Gasteiger partial charge in [0.25, 0.3) is 0 Å². The van der Waals surface area contributed by atoms with Gasteiger partial charge in [0.15, 0.2) is 0 Å². The number of ether oxygens (including phenoxy) is 2. The molecule has 1 aliphatic heterocycles. The van der Waals surface area contributed by atoms with Gasteiger partial charge in [0, 0.05) is 13.2 Å². The Hall–Kier alpha value is -1.92. The zero-order chi connectivity index (χ0) is 18.9. The highest BCUT2D eigenvalue weighted by molar-refractivity contribution is 5.95. The van der Waals surface area contributed by atoms with Crippen molar-refractivity contribution in [2.24, 2.45) is 5.92 Å². The van der Waals surface area contributed by atoms with E-state index in [0.29, 0.717) is 26.2 Å². The van der Waals surface area contributed by atoms with Crippen LogP contribution in [0.5, 0.6) is 0 Å². The van der Waals surface area contributed by atoms with Crippen LogP contribution in [0.25, 0.3) is 0 Å². The molecule has 0 unspecified atom stereocenters. The summed E-state index contributed by atoms with van der Waals surface area (Å²) in [5.74, 6) is -0.593. The monoisotopic (exact) mass is 362 g/mol. The third-order valence-corrected chi connectivity index (χ3v) is 4.41. The van der Waals surface area contributed by atoms with Gasteiger partial charge in [0.1, 0.15) is 6.61 Å². The first kappa shape index (κ1) is 20.4. The fraction of sp³-hybridized carbons (Fsp3) is 0.600. The molecule has 2 atom stereocenters. The van der Waals surface area contributed by atoms with Crippen molar-refractivity contribution in [2.45, 2.75) is 32.2 Å². The molecule has 0 aliphatic carbocycles. The van der Waals surface area contributed by atoms with Crippen LogP contribution in [0.4, 0.5) is 4.79 Å². The summed E-state index contributed by atoms with van der Waals surface area (Å²) in [7, 11) is 3.83. The molecule has 1 saturated heterocycles. The van der Waals surface area contributed by atoms with Crippen LogP contribution in [0.3, 0.4) is 0 Å². The van der Waals surface area contributed by atoms with E-state index in [0.717, 1.165) is 18.4 Å². The van der Waals surface area contributed by atoms with Crippen molar-refractivity contribution in [1.82, 2.24) is 9.80 Å². The highest BCUT2D eigenvalue weighted by Crippen LogP contribution is 2.20. The smallest absolute Gasteiger partial charge is 0.416 e. The molecule has 6 heteroatoms. The highest BCUT2D eigenvalue weighted by atomic mass is 16.6. The maximum absolute atomic E-state index is 13.1. The van der Waals surface area contributed by atoms with Crippen molar-refractivity contribution in [2.75, 3.05) is 40.5 Å². The Balaban J connectivity index is 2.06. The molecule has 0 bridgehead atoms. The molecule has 1 fully saturated rings. The van der Waals surface area contributed by atoms with Gasteiger partial charge in [0.2, 0.25) is 5.91 Å². The summed E-state index contributed by atoms with van der Waals surface area (Å²) in [5.41, 5.74) is 1.08. The number of carbonyl (C=O) groups excluding carboxylic acids is 2. The van der Waals surface area contributed by atoms with E-state index in [1.165, 1.54) is 4.90 Å². The second-order valence-corrected chi connectivity index (χ2v) is 7.02. The Bertz CT molecular complexity index is 576. The van der Waals surface area contributed by atoms with Crippen LogP contribution < -0.4 is 0 Å². The molecule has 2 amide bonds. The van der Waals surface area contributed by atoms with E-state index in [2.05, 4.69) is 6.92 Å². The van der Waals surface area contributed by atoms with Crippen LogP contribution in [0.2, 0.25) is 0 Å². The van der Waals surface area contributed by atoms with Gasteiger partial charge in [-0.1, -0.05) is 43.7 Å². The van der Waals surface area contributed by atoms with Crippen LogP contribution in [0.15, 0.2) is 30.3 Å². The number of hydrogen-bond donors (Lipinski definition) is 0. The minimum Gasteiger partial charge on any atom is -0.447 e. The largest absolute Gasteiger partial charge is 0.447 e. The van der Waals surface area contributed by atoms with E-state index >= 15 is 0 Å². The van der Waals surface area contributed by atoms with Crippen LogP contribution >= 0.6 is 0 Å². The minimum absolute atomic E-state index is 0.210. The van der Waals surface area contributed by atoms with Crippen molar-refractivity contribution in [3.05, 3.63) is 35.9 Å². The molecule has 2 rings (SSSR count). The lowest BCUT2D eigenvalue weighted by Crippen LogP contribution is -2.47. The number of benzene rings is 1. The molecule has 0 aromatic heterocycles. The normalized spacial score (nSPS) is 18.2. The van der Waals surface area contributed by atoms with Crippen molar-refractivity contribution >= 4 is 12.0 Å². The zero-order valence-corrected chi connectivity index (χ0v) is 16.0. The maximum Gasteiger partial charge on any atom is 0.416 e. The van der Waals surface area contributed by atoms with E-state index in [1.54, 1.807) is 0 Å². The lowest BCUT2D eigenvalue weighted by molar-refractivity contribution is -0.136. The summed E-state index contributed by atoms with van der Waals surface area (Å²) < 4.78 is 10.9. The number of carbonyl (C=O) groups is 2. The molecule has 1 aromatic rings. The molecule has 0 spiro atoms. The van der Waals surface area contributed by atoms with Crippen LogP contribution in [-0.2, 0) is 20.7 Å². The second kappa shape index (κ2) is 10.3. The molecule has 144 valence electrons. The average Bonchev–Trinajstić information content (AvgIpc) is 2.98. The molecule has 6 nitrogen and oxygen atoms in total. The number of cyclic esters (lactones) is 1. The molecular weight excluding hydrogens is 332 g/mol. The molecular formula is C20H30N2O4. The van der Waals surface area contributed by atoms with E-state index in [-0.39, 0.29) is 24.5 Å². The number of nitrogens with zero attached hydrogens (tertiary/aromatic N) is 2. The first-order valence-electron chi connectivity index (χ1n) is 9.29. The lowest BCUT2D eigenvalue weighted by atomic mass is 10.0. The summed E-state index contributed by atoms with van der Waals surface area (Å²) in [5, 5.41) is 0. The molecule has 1 aliphatic rings. The Kier molecular flexibility index (Phi) is 8.06. The summed E-state index contributed by atoms with van der Waals surface area (Å²) in [6.45, 7) is 3.82. The fourth-order valence-corrected chi connectivity index (χ4v) is 3.08. The molecule has 1 heterocycles. The Morgan fingerprint density at radius 2 is 2.08 bits per heavy atom. The molecule has 0 radical (unpaired) electrons. The number of imide groups is 1. The van der Waals surface area contributed by atoms with Gasteiger partial charge in [-0.05, 0) is 32.5 Å². The van der Waals surface area contributed by atoms with Gasteiger partial charge < -0.3 is 14.4 Å². The van der Waals surface area contributed by atoms with Gasteiger partial charge in [0.05, 0.1) is 18.6 Å². The summed E-state index contributed by atoms with van der Waals surface area (Å²) in [6, 6.07) is 9.58. The Labute approximate surface area is 156 Å². The Morgan fingerprint density at radius 3 is 2.73 bits per heavy atom. The fourth-order valence-electron chi connectivity index (χ4n) is 3.08. The lowest BCUT2D eigenvalue weighted by Gasteiger charge is -2.26. The average molecular weight is 362 g/mol. The first-order chi connectivity index (χ1) is 12.5.